The van der Waals surface area contributed by atoms with E-state index in [-0.39, 0.29) is 5.41 Å². The summed E-state index contributed by atoms with van der Waals surface area (Å²) in [5, 5.41) is 0. The Morgan fingerprint density at radius 1 is 1.58 bits per heavy atom. The van der Waals surface area contributed by atoms with E-state index in [1.165, 1.54) is 5.70 Å². The molecule has 2 radical (unpaired) electrons. The van der Waals surface area contributed by atoms with Crippen LogP contribution >= 0.6 is 11.9 Å². The molecule has 64 valence electrons. The molecule has 0 aliphatic heterocycles. The quantitative estimate of drug-likeness (QED) is 0.473. The second-order valence-corrected chi connectivity index (χ2v) is 4.45. The Bertz CT molecular complexity index is 221. The molecule has 0 aromatic carbocycles. The Morgan fingerprint density at radius 3 is 2.75 bits per heavy atom. The molecule has 0 saturated carbocycles. The van der Waals surface area contributed by atoms with Crippen molar-refractivity contribution in [2.24, 2.45) is 5.41 Å². The first-order chi connectivity index (χ1) is 5.55. The van der Waals surface area contributed by atoms with Crippen LogP contribution in [0.3, 0.4) is 0 Å². The van der Waals surface area contributed by atoms with Gasteiger partial charge in [0.1, 0.15) is 0 Å². The second-order valence-electron chi connectivity index (χ2n) is 3.69. The van der Waals surface area contributed by atoms with E-state index in [0.29, 0.717) is 0 Å². The Morgan fingerprint density at radius 2 is 2.25 bits per heavy atom. The lowest BCUT2D eigenvalue weighted by molar-refractivity contribution is 0.450. The molecule has 1 nitrogen and oxygen atoms in total. The molecular formula is C9H14BNS. The van der Waals surface area contributed by atoms with Crippen molar-refractivity contribution in [2.45, 2.75) is 20.3 Å². The van der Waals surface area contributed by atoms with E-state index < -0.39 is 0 Å². The number of allylic oxidation sites excluding steroid dienone is 4. The summed E-state index contributed by atoms with van der Waals surface area (Å²) in [6, 6.07) is 0. The van der Waals surface area contributed by atoms with Gasteiger partial charge in [-0.3, -0.25) is 0 Å². The van der Waals surface area contributed by atoms with Crippen LogP contribution in [0.4, 0.5) is 0 Å². The van der Waals surface area contributed by atoms with Crippen molar-refractivity contribution in [1.29, 1.82) is 0 Å². The maximum absolute atomic E-state index is 5.76. The average Bonchev–Trinajstić information content (AvgIpc) is 2.01. The molecular weight excluding hydrogens is 165 g/mol. The highest BCUT2D eigenvalue weighted by molar-refractivity contribution is 7.97. The summed E-state index contributed by atoms with van der Waals surface area (Å²) in [4.78, 5) is 0. The second kappa shape index (κ2) is 3.61. The summed E-state index contributed by atoms with van der Waals surface area (Å²) < 4.78 is 1.73. The van der Waals surface area contributed by atoms with Gasteiger partial charge in [0, 0.05) is 12.0 Å². The highest BCUT2D eigenvalue weighted by Gasteiger charge is 2.19. The zero-order valence-corrected chi connectivity index (χ0v) is 8.69. The van der Waals surface area contributed by atoms with Gasteiger partial charge in [-0.2, -0.15) is 0 Å². The predicted molar refractivity (Wildman–Crippen MR) is 56.7 cm³/mol. The minimum atomic E-state index is 0.247. The van der Waals surface area contributed by atoms with Crippen molar-refractivity contribution >= 4 is 19.9 Å². The zero-order valence-electron chi connectivity index (χ0n) is 7.87. The summed E-state index contributed by atoms with van der Waals surface area (Å²) in [7, 11) is 5.76. The minimum absolute atomic E-state index is 0.247. The van der Waals surface area contributed by atoms with Crippen molar-refractivity contribution in [3.63, 3.8) is 0 Å². The van der Waals surface area contributed by atoms with Gasteiger partial charge in [0.05, 0.1) is 0 Å². The van der Waals surface area contributed by atoms with Gasteiger partial charge in [-0.25, -0.2) is 0 Å². The smallest absolute Gasteiger partial charge is 0.244 e. The molecule has 0 N–H and O–H groups in total. The third kappa shape index (κ3) is 2.34. The Hall–Kier alpha value is -0.305. The standard InChI is InChI=1S/C9H14BNS/c1-9(2)6-4-5-8(7-9)11(10)12-3/h4-6H,7H2,1-3H3. The van der Waals surface area contributed by atoms with Crippen LogP contribution in [0.5, 0.6) is 0 Å². The molecule has 0 heterocycles. The van der Waals surface area contributed by atoms with Crippen LogP contribution in [-0.2, 0) is 0 Å². The zero-order chi connectivity index (χ0) is 9.19. The van der Waals surface area contributed by atoms with Gasteiger partial charge in [-0.1, -0.05) is 37.9 Å². The van der Waals surface area contributed by atoms with Crippen molar-refractivity contribution in [1.82, 2.24) is 4.22 Å². The number of hydrogen-bond acceptors (Lipinski definition) is 2. The van der Waals surface area contributed by atoms with Crippen molar-refractivity contribution in [3.05, 3.63) is 23.9 Å². The van der Waals surface area contributed by atoms with Crippen LogP contribution < -0.4 is 0 Å². The van der Waals surface area contributed by atoms with Crippen molar-refractivity contribution in [2.75, 3.05) is 6.26 Å². The van der Waals surface area contributed by atoms with E-state index in [4.69, 9.17) is 7.98 Å². The molecule has 0 fully saturated rings. The van der Waals surface area contributed by atoms with Crippen LogP contribution in [-0.4, -0.2) is 18.5 Å². The summed E-state index contributed by atoms with van der Waals surface area (Å²) in [6.45, 7) is 4.43. The van der Waals surface area contributed by atoms with E-state index >= 15 is 0 Å². The highest BCUT2D eigenvalue weighted by Crippen LogP contribution is 2.32. The number of rotatable bonds is 2. The fourth-order valence-electron chi connectivity index (χ4n) is 1.27. The topological polar surface area (TPSA) is 3.24 Å². The molecule has 0 atom stereocenters. The molecule has 0 amide bonds. The third-order valence-electron chi connectivity index (χ3n) is 1.95. The van der Waals surface area contributed by atoms with Crippen molar-refractivity contribution < 1.29 is 0 Å². The van der Waals surface area contributed by atoms with E-state index in [1.54, 1.807) is 16.2 Å². The van der Waals surface area contributed by atoms with Gasteiger partial charge in [-0.05, 0) is 17.9 Å². The van der Waals surface area contributed by atoms with Gasteiger partial charge >= 0.3 is 0 Å². The number of hydrogen-bond donors (Lipinski definition) is 0. The third-order valence-corrected chi connectivity index (χ3v) is 2.58. The summed E-state index contributed by atoms with van der Waals surface area (Å²) in [5.41, 5.74) is 1.44. The first-order valence-electron chi connectivity index (χ1n) is 4.02. The summed E-state index contributed by atoms with van der Waals surface area (Å²) in [6.07, 6.45) is 9.36. The van der Waals surface area contributed by atoms with Gasteiger partial charge < -0.3 is 4.22 Å². The highest BCUT2D eigenvalue weighted by atomic mass is 32.2. The van der Waals surface area contributed by atoms with E-state index in [1.807, 2.05) is 6.26 Å². The molecule has 0 aromatic rings. The van der Waals surface area contributed by atoms with E-state index in [9.17, 15) is 0 Å². The molecule has 0 bridgehead atoms. The summed E-state index contributed by atoms with van der Waals surface area (Å²) in [5.74, 6) is 0. The molecule has 0 aromatic heterocycles. The maximum atomic E-state index is 5.76. The minimum Gasteiger partial charge on any atom is -0.377 e. The van der Waals surface area contributed by atoms with Gasteiger partial charge in [-0.15, -0.1) is 0 Å². The van der Waals surface area contributed by atoms with Crippen LogP contribution in [0.2, 0.25) is 0 Å². The fraction of sp³-hybridized carbons (Fsp3) is 0.556. The molecule has 0 spiro atoms. The van der Waals surface area contributed by atoms with Crippen LogP contribution in [0.15, 0.2) is 23.9 Å². The van der Waals surface area contributed by atoms with Gasteiger partial charge in [0.25, 0.3) is 0 Å². The molecule has 1 aliphatic rings. The Balaban J connectivity index is 2.69. The first-order valence-corrected chi connectivity index (χ1v) is 5.21. The maximum Gasteiger partial charge on any atom is 0.244 e. The molecule has 0 unspecified atom stereocenters. The monoisotopic (exact) mass is 179 g/mol. The Kier molecular flexibility index (Phi) is 2.94. The largest absolute Gasteiger partial charge is 0.377 e. The predicted octanol–water partition coefficient (Wildman–Crippen LogP) is 2.52. The first kappa shape index (κ1) is 9.78. The lowest BCUT2D eigenvalue weighted by Crippen LogP contribution is -2.19. The van der Waals surface area contributed by atoms with Crippen LogP contribution in [0.25, 0.3) is 0 Å². The van der Waals surface area contributed by atoms with E-state index in [2.05, 4.69) is 32.1 Å². The van der Waals surface area contributed by atoms with Crippen LogP contribution in [0.1, 0.15) is 20.3 Å². The fourth-order valence-corrected chi connectivity index (χ4v) is 1.63. The van der Waals surface area contributed by atoms with Crippen LogP contribution in [0, 0.1) is 5.41 Å². The summed E-state index contributed by atoms with van der Waals surface area (Å²) >= 11 is 1.54. The molecule has 0 saturated heterocycles. The van der Waals surface area contributed by atoms with Gasteiger partial charge in [0.2, 0.25) is 7.98 Å². The normalized spacial score (nSPS) is 20.4. The molecule has 12 heavy (non-hydrogen) atoms. The lowest BCUT2D eigenvalue weighted by atomic mass is 9.84. The van der Waals surface area contributed by atoms with E-state index in [0.717, 1.165) is 6.42 Å². The van der Waals surface area contributed by atoms with Gasteiger partial charge in [0.15, 0.2) is 0 Å². The number of nitrogens with zero attached hydrogens (tertiary/aromatic N) is 1. The average molecular weight is 179 g/mol. The molecule has 1 rings (SSSR count). The lowest BCUT2D eigenvalue weighted by Gasteiger charge is -2.30. The molecule has 1 aliphatic carbocycles. The SMILES string of the molecule is [B]N(SC)C1=CC=CC(C)(C)C1. The molecule has 3 heteroatoms. The van der Waals surface area contributed by atoms with Crippen molar-refractivity contribution in [3.8, 4) is 0 Å². The Labute approximate surface area is 80.5 Å².